The van der Waals surface area contributed by atoms with Gasteiger partial charge < -0.3 is 4.32 Å². The lowest BCUT2D eigenvalue weighted by Gasteiger charge is -2.03. The average Bonchev–Trinajstić information content (AvgIpc) is 0.722. The number of rotatable bonds is 0. The normalized spacial score (nSPS) is 12.0. The molecule has 0 bridgehead atoms. The highest BCUT2D eigenvalue weighted by Crippen LogP contribution is 2.27. The molecule has 0 nitrogen and oxygen atoms in total. The zero-order valence-electron chi connectivity index (χ0n) is 2.09. The molecule has 0 rings (SSSR count). The third-order valence-corrected chi connectivity index (χ3v) is 0. The lowest BCUT2D eigenvalue weighted by Crippen LogP contribution is -1.90. The van der Waals surface area contributed by atoms with Gasteiger partial charge in [0.2, 0.25) is 0 Å². The summed E-state index contributed by atoms with van der Waals surface area (Å²) in [5.41, 5.74) is 0. The van der Waals surface area contributed by atoms with E-state index < -0.39 is 2.90 Å². The highest BCUT2D eigenvalue weighted by molar-refractivity contribution is 9.71. The Labute approximate surface area is 54.4 Å². The molecule has 0 saturated heterocycles. The summed E-state index contributed by atoms with van der Waals surface area (Å²) in [4.78, 5) is 0. The molecule has 0 aliphatic heterocycles. The summed E-state index contributed by atoms with van der Waals surface area (Å²) < 4.78 is 9.44. The van der Waals surface area contributed by atoms with E-state index in [9.17, 15) is 4.32 Å². The molecule has 0 aliphatic carbocycles. The first-order chi connectivity index (χ1) is 2.00. The summed E-state index contributed by atoms with van der Waals surface area (Å²) in [7, 11) is 0. The molecule has 0 saturated carbocycles. The molecule has 0 aliphatic rings. The predicted octanol–water partition coefficient (Wildman–Crippen LogP) is 2.58. The van der Waals surface area contributed by atoms with Crippen molar-refractivity contribution in [2.24, 2.45) is 0 Å². The van der Waals surface area contributed by atoms with Gasteiger partial charge in [0.15, 0.2) is 0 Å². The Hall–Kier alpha value is 1.43. The molecule has 0 fully saturated rings. The van der Waals surface area contributed by atoms with Crippen molar-refractivity contribution in [3.63, 3.8) is 0 Å². The van der Waals surface area contributed by atoms with Gasteiger partial charge in [-0.25, -0.2) is 0 Å². The van der Waals surface area contributed by atoms with Crippen LogP contribution in [0.15, 0.2) is 0 Å². The molecule has 0 spiro atoms. The van der Waals surface area contributed by atoms with Gasteiger partial charge in [-0.3, -0.25) is 47.3 Å². The first kappa shape index (κ1) is 6.43. The van der Waals surface area contributed by atoms with Crippen molar-refractivity contribution >= 4 is 50.2 Å². The third-order valence-electron chi connectivity index (χ3n) is 0. The van der Waals surface area contributed by atoms with Crippen molar-refractivity contribution in [2.75, 3.05) is 0 Å². The van der Waals surface area contributed by atoms with Crippen LogP contribution in [0.3, 0.4) is 0 Å². The lowest BCUT2D eigenvalue weighted by atomic mass is 10.6. The molecule has 5 heteroatoms. The van der Waals surface area contributed by atoms with E-state index in [0.29, 0.717) is 0 Å². The largest absolute Gasteiger partial charge is 0.475 e. The van der Waals surface area contributed by atoms with Gasteiger partial charge in [0, 0.05) is 0 Å². The van der Waals surface area contributed by atoms with Gasteiger partial charge in [0.1, 0.15) is 0 Å². The minimum absolute atomic E-state index is 2.06. The fourth-order valence-electron chi connectivity index (χ4n) is 0. The van der Waals surface area contributed by atoms with Crippen LogP contribution < -0.4 is 0 Å². The highest BCUT2D eigenvalue weighted by Gasteiger charge is 2.03. The summed E-state index contributed by atoms with van der Waals surface area (Å²) in [5.74, 6) is 0. The molecule has 0 atom stereocenters. The molecular formula is BBr3F-. The first-order valence-electron chi connectivity index (χ1n) is 0.873. The Kier molecular flexibility index (Phi) is 2.49. The van der Waals surface area contributed by atoms with Crippen molar-refractivity contribution < 1.29 is 4.32 Å². The highest BCUT2D eigenvalue weighted by atomic mass is 79.9. The summed E-state index contributed by atoms with van der Waals surface area (Å²) >= 11 is 7.81. The maximum atomic E-state index is 11.5. The Morgan fingerprint density at radius 3 is 1.20 bits per heavy atom. The monoisotopic (exact) mass is 267 g/mol. The SMILES string of the molecule is F[B-](Br)(Br)Br. The molecule has 0 N–H and O–H groups in total. The van der Waals surface area contributed by atoms with Crippen LogP contribution in [-0.2, 0) is 0 Å². The number of hydrogen-bond acceptors (Lipinski definition) is 0. The van der Waals surface area contributed by atoms with Gasteiger partial charge in [0.05, 0.1) is 0 Å². The molecule has 0 heterocycles. The van der Waals surface area contributed by atoms with Crippen LogP contribution >= 0.6 is 47.3 Å². The lowest BCUT2D eigenvalue weighted by molar-refractivity contribution is 0.886. The molecule has 0 radical (unpaired) electrons. The van der Waals surface area contributed by atoms with Gasteiger partial charge in [-0.2, -0.15) is 0 Å². The van der Waals surface area contributed by atoms with Gasteiger partial charge in [-0.15, -0.1) is 0 Å². The molecule has 0 aromatic rings. The fraction of sp³-hybridized carbons (Fsp3) is 0. The zero-order chi connectivity index (χ0) is 4.50. The summed E-state index contributed by atoms with van der Waals surface area (Å²) in [6, 6.07) is 0. The number of halogens is 4. The van der Waals surface area contributed by atoms with E-state index in [2.05, 4.69) is 47.3 Å². The van der Waals surface area contributed by atoms with Crippen LogP contribution in [0.5, 0.6) is 0 Å². The second-order valence-corrected chi connectivity index (χ2v) is 7.97. The van der Waals surface area contributed by atoms with E-state index in [1.807, 2.05) is 0 Å². The Bertz CT molecular complexity index is 22.4. The van der Waals surface area contributed by atoms with Gasteiger partial charge >= 0.3 is 2.90 Å². The minimum Gasteiger partial charge on any atom is -0.475 e. The zero-order valence-corrected chi connectivity index (χ0v) is 6.85. The van der Waals surface area contributed by atoms with Crippen LogP contribution in [0.2, 0.25) is 0 Å². The van der Waals surface area contributed by atoms with Crippen molar-refractivity contribution in [2.45, 2.75) is 0 Å². The fourth-order valence-corrected chi connectivity index (χ4v) is 0. The maximum Gasteiger partial charge on any atom is 0.336 e. The van der Waals surface area contributed by atoms with Crippen LogP contribution in [0.25, 0.3) is 0 Å². The molecular weight excluding hydrogens is 270 g/mol. The number of hydrogen-bond donors (Lipinski definition) is 0. The average molecular weight is 270 g/mol. The van der Waals surface area contributed by atoms with Gasteiger partial charge in [-0.05, 0) is 0 Å². The van der Waals surface area contributed by atoms with E-state index in [1.54, 1.807) is 0 Å². The predicted molar refractivity (Wildman–Crippen MR) is 33.6 cm³/mol. The second kappa shape index (κ2) is 1.93. The maximum absolute atomic E-state index is 11.5. The summed E-state index contributed by atoms with van der Waals surface area (Å²) in [6.45, 7) is 0. The van der Waals surface area contributed by atoms with Gasteiger partial charge in [-0.1, -0.05) is 0 Å². The second-order valence-electron chi connectivity index (χ2n) is 0.495. The minimum atomic E-state index is -2.06. The molecule has 32 valence electrons. The van der Waals surface area contributed by atoms with Crippen molar-refractivity contribution in [3.8, 4) is 0 Å². The summed E-state index contributed by atoms with van der Waals surface area (Å²) in [6.07, 6.45) is 0. The molecule has 5 heavy (non-hydrogen) atoms. The standard InChI is InChI=1S/BBr3F/c2-1(3,4)5/q-1. The van der Waals surface area contributed by atoms with E-state index in [-0.39, 0.29) is 0 Å². The third kappa shape index (κ3) is 31.1. The quantitative estimate of drug-likeness (QED) is 0.593. The Morgan fingerprint density at radius 2 is 1.20 bits per heavy atom. The van der Waals surface area contributed by atoms with Crippen molar-refractivity contribution in [3.05, 3.63) is 0 Å². The van der Waals surface area contributed by atoms with Crippen LogP contribution in [-0.4, -0.2) is 2.90 Å². The Balaban J connectivity index is 3.02. The van der Waals surface area contributed by atoms with E-state index in [4.69, 9.17) is 0 Å². The Morgan fingerprint density at radius 1 is 1.20 bits per heavy atom. The van der Waals surface area contributed by atoms with Crippen LogP contribution in [0.4, 0.5) is 4.32 Å². The molecule has 0 amide bonds. The smallest absolute Gasteiger partial charge is 0.336 e. The van der Waals surface area contributed by atoms with Crippen molar-refractivity contribution in [1.82, 2.24) is 0 Å². The molecule has 0 aromatic heterocycles. The molecule has 0 aromatic carbocycles. The molecule has 0 unspecified atom stereocenters. The van der Waals surface area contributed by atoms with E-state index >= 15 is 0 Å². The summed E-state index contributed by atoms with van der Waals surface area (Å²) in [5, 5.41) is 0. The van der Waals surface area contributed by atoms with E-state index in [1.165, 1.54) is 0 Å². The first-order valence-corrected chi connectivity index (χ1v) is 3.62. The van der Waals surface area contributed by atoms with Crippen molar-refractivity contribution in [1.29, 1.82) is 0 Å². The van der Waals surface area contributed by atoms with Crippen LogP contribution in [0, 0.1) is 0 Å². The van der Waals surface area contributed by atoms with Crippen LogP contribution in [0.1, 0.15) is 0 Å². The van der Waals surface area contributed by atoms with Gasteiger partial charge in [0.25, 0.3) is 0 Å². The topological polar surface area (TPSA) is 0 Å². The van der Waals surface area contributed by atoms with E-state index in [0.717, 1.165) is 0 Å².